The van der Waals surface area contributed by atoms with Crippen LogP contribution in [0.15, 0.2) is 194 Å². The van der Waals surface area contributed by atoms with Gasteiger partial charge in [-0.25, -0.2) is 19.9 Å². The van der Waals surface area contributed by atoms with Crippen LogP contribution in [0.1, 0.15) is 0 Å². The number of hydrogen-bond acceptors (Lipinski definition) is 4. The van der Waals surface area contributed by atoms with Gasteiger partial charge in [0.05, 0.1) is 11.2 Å². The Morgan fingerprint density at radius 3 is 1.39 bits per heavy atom. The number of hydrogen-bond donors (Lipinski definition) is 0. The minimum absolute atomic E-state index is 0.631. The van der Waals surface area contributed by atoms with Crippen molar-refractivity contribution in [3.8, 4) is 67.7 Å². The molecular weight excluding hydrogens is 657 g/mol. The summed E-state index contributed by atoms with van der Waals surface area (Å²) in [6.45, 7) is 0. The van der Waals surface area contributed by atoms with E-state index in [2.05, 4.69) is 158 Å². The summed E-state index contributed by atoms with van der Waals surface area (Å²) >= 11 is 0. The molecule has 252 valence electrons. The monoisotopic (exact) mass is 688 g/mol. The fraction of sp³-hybridized carbons (Fsp3) is 0. The molecule has 0 saturated heterocycles. The maximum atomic E-state index is 5.23. The van der Waals surface area contributed by atoms with Gasteiger partial charge in [0.1, 0.15) is 0 Å². The van der Waals surface area contributed by atoms with E-state index in [9.17, 15) is 0 Å². The lowest BCUT2D eigenvalue weighted by molar-refractivity contribution is 1.07. The van der Waals surface area contributed by atoms with E-state index in [0.717, 1.165) is 55.5 Å². The van der Waals surface area contributed by atoms with Gasteiger partial charge in [0.2, 0.25) is 0 Å². The number of pyridine rings is 1. The normalized spacial score (nSPS) is 11.3. The molecule has 0 aliphatic heterocycles. The topological polar surface area (TPSA) is 51.6 Å². The molecule has 10 aromatic rings. The van der Waals surface area contributed by atoms with E-state index in [1.807, 2.05) is 36.4 Å². The first-order valence-electron chi connectivity index (χ1n) is 18.1. The Bertz CT molecular complexity index is 2960. The second-order valence-corrected chi connectivity index (χ2v) is 13.5. The zero-order valence-corrected chi connectivity index (χ0v) is 29.3. The summed E-state index contributed by atoms with van der Waals surface area (Å²) in [4.78, 5) is 20.1. The number of nitrogens with zero attached hydrogens (tertiary/aromatic N) is 4. The largest absolute Gasteiger partial charge is 0.247 e. The molecule has 2 heterocycles. The zero-order chi connectivity index (χ0) is 35.8. The van der Waals surface area contributed by atoms with Gasteiger partial charge in [-0.3, -0.25) is 0 Å². The van der Waals surface area contributed by atoms with Crippen molar-refractivity contribution >= 4 is 32.4 Å². The molecule has 0 aliphatic carbocycles. The highest BCUT2D eigenvalue weighted by molar-refractivity contribution is 6.16. The molecule has 0 unspecified atom stereocenters. The van der Waals surface area contributed by atoms with Gasteiger partial charge in [-0.15, -0.1) is 0 Å². The second kappa shape index (κ2) is 13.4. The first-order chi connectivity index (χ1) is 26.7. The van der Waals surface area contributed by atoms with E-state index in [0.29, 0.717) is 17.5 Å². The van der Waals surface area contributed by atoms with Crippen LogP contribution in [0.5, 0.6) is 0 Å². The minimum Gasteiger partial charge on any atom is -0.247 e. The smallest absolute Gasteiger partial charge is 0.164 e. The van der Waals surface area contributed by atoms with Crippen molar-refractivity contribution in [2.24, 2.45) is 0 Å². The Morgan fingerprint density at radius 1 is 0.241 bits per heavy atom. The van der Waals surface area contributed by atoms with Crippen LogP contribution in [0.3, 0.4) is 0 Å². The standard InChI is InChI=1S/C50H32N4/c1-3-10-33(11-4-1)34-18-22-39(23-19-34)49-52-48(38-13-5-2-6-14-38)53-50(54-49)40-24-20-35(21-25-40)41-15-9-16-42(32-41)46-31-28-37-27-29-44-43-17-8-7-12-36(43)26-30-45(44)47(37)51-46/h1-32H. The maximum Gasteiger partial charge on any atom is 0.164 e. The summed E-state index contributed by atoms with van der Waals surface area (Å²) in [6.07, 6.45) is 0. The van der Waals surface area contributed by atoms with Gasteiger partial charge in [0, 0.05) is 33.0 Å². The van der Waals surface area contributed by atoms with Crippen LogP contribution in [-0.2, 0) is 0 Å². The lowest BCUT2D eigenvalue weighted by Crippen LogP contribution is -2.00. The molecule has 0 saturated carbocycles. The van der Waals surface area contributed by atoms with E-state index in [4.69, 9.17) is 19.9 Å². The fourth-order valence-electron chi connectivity index (χ4n) is 7.30. The van der Waals surface area contributed by atoms with Gasteiger partial charge >= 0.3 is 0 Å². The molecule has 0 fully saturated rings. The molecular formula is C50H32N4. The minimum atomic E-state index is 0.631. The highest BCUT2D eigenvalue weighted by Crippen LogP contribution is 2.34. The van der Waals surface area contributed by atoms with Crippen LogP contribution >= 0.6 is 0 Å². The van der Waals surface area contributed by atoms with E-state index in [1.54, 1.807) is 0 Å². The molecule has 0 aliphatic rings. The maximum absolute atomic E-state index is 5.23. The zero-order valence-electron chi connectivity index (χ0n) is 29.3. The van der Waals surface area contributed by atoms with Crippen LogP contribution in [0.4, 0.5) is 0 Å². The number of benzene rings is 8. The van der Waals surface area contributed by atoms with Crippen LogP contribution < -0.4 is 0 Å². The number of rotatable bonds is 6. The van der Waals surface area contributed by atoms with Crippen molar-refractivity contribution in [1.82, 2.24) is 19.9 Å². The summed E-state index contributed by atoms with van der Waals surface area (Å²) in [5.41, 5.74) is 10.4. The molecule has 0 amide bonds. The SMILES string of the molecule is c1ccc(-c2ccc(-c3nc(-c4ccccc4)nc(-c4ccc(-c5cccc(-c6ccc7ccc8c9ccccc9ccc8c7n6)c5)cc4)n3)cc2)cc1. The van der Waals surface area contributed by atoms with Gasteiger partial charge in [-0.1, -0.05) is 182 Å². The third kappa shape index (κ3) is 5.86. The molecule has 54 heavy (non-hydrogen) atoms. The van der Waals surface area contributed by atoms with E-state index in [-0.39, 0.29) is 0 Å². The van der Waals surface area contributed by atoms with Crippen molar-refractivity contribution in [3.63, 3.8) is 0 Å². The van der Waals surface area contributed by atoms with Crippen molar-refractivity contribution in [3.05, 3.63) is 194 Å². The third-order valence-corrected chi connectivity index (χ3v) is 10.1. The quantitative estimate of drug-likeness (QED) is 0.163. The highest BCUT2D eigenvalue weighted by atomic mass is 15.0. The van der Waals surface area contributed by atoms with Crippen LogP contribution in [-0.4, -0.2) is 19.9 Å². The fourth-order valence-corrected chi connectivity index (χ4v) is 7.30. The van der Waals surface area contributed by atoms with Gasteiger partial charge in [-0.2, -0.15) is 0 Å². The van der Waals surface area contributed by atoms with Crippen LogP contribution in [0.25, 0.3) is 100 Å². The molecule has 4 nitrogen and oxygen atoms in total. The van der Waals surface area contributed by atoms with Crippen LogP contribution in [0.2, 0.25) is 0 Å². The first-order valence-corrected chi connectivity index (χ1v) is 18.1. The predicted octanol–water partition coefficient (Wildman–Crippen LogP) is 12.7. The molecule has 4 heteroatoms. The van der Waals surface area contributed by atoms with Gasteiger partial charge in [-0.05, 0) is 50.5 Å². The lowest BCUT2D eigenvalue weighted by Gasteiger charge is -2.11. The second-order valence-electron chi connectivity index (χ2n) is 13.5. The molecule has 8 aromatic carbocycles. The summed E-state index contributed by atoms with van der Waals surface area (Å²) < 4.78 is 0. The van der Waals surface area contributed by atoms with Crippen molar-refractivity contribution in [1.29, 1.82) is 0 Å². The Labute approximate surface area is 313 Å². The molecule has 0 spiro atoms. The summed E-state index contributed by atoms with van der Waals surface area (Å²) in [7, 11) is 0. The number of fused-ring (bicyclic) bond motifs is 5. The average Bonchev–Trinajstić information content (AvgIpc) is 3.26. The molecule has 0 atom stereocenters. The van der Waals surface area contributed by atoms with E-state index >= 15 is 0 Å². The Balaban J connectivity index is 0.989. The molecule has 0 bridgehead atoms. The molecule has 10 rings (SSSR count). The third-order valence-electron chi connectivity index (χ3n) is 10.1. The Hall–Kier alpha value is -7.30. The van der Waals surface area contributed by atoms with Crippen molar-refractivity contribution < 1.29 is 0 Å². The van der Waals surface area contributed by atoms with E-state index < -0.39 is 0 Å². The average molecular weight is 689 g/mol. The highest BCUT2D eigenvalue weighted by Gasteiger charge is 2.14. The van der Waals surface area contributed by atoms with Gasteiger partial charge < -0.3 is 0 Å². The molecule has 0 N–H and O–H groups in total. The van der Waals surface area contributed by atoms with Crippen molar-refractivity contribution in [2.75, 3.05) is 0 Å². The summed E-state index contributed by atoms with van der Waals surface area (Å²) in [6, 6.07) is 67.6. The van der Waals surface area contributed by atoms with E-state index in [1.165, 1.54) is 27.1 Å². The van der Waals surface area contributed by atoms with Crippen molar-refractivity contribution in [2.45, 2.75) is 0 Å². The summed E-state index contributed by atoms with van der Waals surface area (Å²) in [5.74, 6) is 1.91. The Kier molecular flexibility index (Phi) is 7.77. The summed E-state index contributed by atoms with van der Waals surface area (Å²) in [5, 5.41) is 6.01. The molecule has 2 aromatic heterocycles. The first kappa shape index (κ1) is 31.4. The van der Waals surface area contributed by atoms with Gasteiger partial charge in [0.25, 0.3) is 0 Å². The number of aromatic nitrogens is 4. The lowest BCUT2D eigenvalue weighted by atomic mass is 9.98. The molecule has 0 radical (unpaired) electrons. The van der Waals surface area contributed by atoms with Crippen LogP contribution in [0, 0.1) is 0 Å². The Morgan fingerprint density at radius 2 is 0.704 bits per heavy atom. The van der Waals surface area contributed by atoms with Gasteiger partial charge in [0.15, 0.2) is 17.5 Å². The predicted molar refractivity (Wildman–Crippen MR) is 223 cm³/mol.